The van der Waals surface area contributed by atoms with Crippen molar-refractivity contribution in [3.8, 4) is 22.8 Å². The highest BCUT2D eigenvalue weighted by Crippen LogP contribution is 2.37. The first-order valence-corrected chi connectivity index (χ1v) is 13.7. The Kier molecular flexibility index (Phi) is 6.43. The summed E-state index contributed by atoms with van der Waals surface area (Å²) in [5.41, 5.74) is 4.80. The van der Waals surface area contributed by atoms with E-state index in [0.29, 0.717) is 48.8 Å². The third-order valence-corrected chi connectivity index (χ3v) is 8.00. The molecule has 2 bridgehead atoms. The molecule has 8 rings (SSSR count). The topological polar surface area (TPSA) is 96.7 Å². The predicted molar refractivity (Wildman–Crippen MR) is 150 cm³/mol. The number of rotatable bonds is 10. The molecule has 5 aromatic rings. The predicted octanol–water partition coefficient (Wildman–Crippen LogP) is 4.27. The van der Waals surface area contributed by atoms with Crippen molar-refractivity contribution in [3.05, 3.63) is 60.7 Å². The Hall–Kier alpha value is -4.25. The van der Waals surface area contributed by atoms with Crippen molar-refractivity contribution in [3.63, 3.8) is 0 Å². The molecule has 11 heteroatoms. The zero-order valence-electron chi connectivity index (χ0n) is 22.3. The maximum Gasteiger partial charge on any atom is 0.212 e. The Balaban J connectivity index is 1.09. The van der Waals surface area contributed by atoms with Crippen LogP contribution in [0.25, 0.3) is 27.7 Å². The van der Waals surface area contributed by atoms with Gasteiger partial charge >= 0.3 is 0 Å². The summed E-state index contributed by atoms with van der Waals surface area (Å²) >= 11 is 0. The van der Waals surface area contributed by atoms with E-state index >= 15 is 0 Å². The van der Waals surface area contributed by atoms with E-state index in [4.69, 9.17) is 14.5 Å². The van der Waals surface area contributed by atoms with Crippen LogP contribution in [0.15, 0.2) is 55.1 Å². The fraction of sp³-hybridized carbons (Fsp3) is 0.379. The molecule has 0 saturated carbocycles. The fourth-order valence-corrected chi connectivity index (χ4v) is 5.93. The van der Waals surface area contributed by atoms with Crippen LogP contribution in [0.3, 0.4) is 0 Å². The van der Waals surface area contributed by atoms with E-state index in [0.717, 1.165) is 47.5 Å². The van der Waals surface area contributed by atoms with Gasteiger partial charge < -0.3 is 14.4 Å². The number of halogens is 1. The smallest absolute Gasteiger partial charge is 0.212 e. The third-order valence-electron chi connectivity index (χ3n) is 8.00. The number of unbranched alkanes of at least 4 members (excludes halogenated alkanes) is 1. The molecule has 0 amide bonds. The summed E-state index contributed by atoms with van der Waals surface area (Å²) in [4.78, 5) is 14.2. The fourth-order valence-electron chi connectivity index (χ4n) is 5.93. The number of nitrogens with zero attached hydrogens (tertiary/aromatic N) is 7. The number of methoxy groups -OCH3 is 1. The highest BCUT2D eigenvalue weighted by molar-refractivity contribution is 6.00. The van der Waals surface area contributed by atoms with Crippen LogP contribution in [0, 0.1) is 0 Å². The molecule has 2 unspecified atom stereocenters. The summed E-state index contributed by atoms with van der Waals surface area (Å²) < 4.78 is 25.5. The molecule has 40 heavy (non-hydrogen) atoms. The van der Waals surface area contributed by atoms with Crippen LogP contribution < -0.4 is 14.4 Å². The number of aromatic nitrogens is 6. The first kappa shape index (κ1) is 24.8. The van der Waals surface area contributed by atoms with Crippen molar-refractivity contribution in [2.75, 3.05) is 38.4 Å². The van der Waals surface area contributed by atoms with Crippen molar-refractivity contribution in [2.24, 2.45) is 0 Å². The van der Waals surface area contributed by atoms with E-state index in [1.807, 2.05) is 35.2 Å². The van der Waals surface area contributed by atoms with Gasteiger partial charge in [0.15, 0.2) is 5.65 Å². The second kappa shape index (κ2) is 10.4. The molecular weight excluding hydrogens is 511 g/mol. The first-order valence-electron chi connectivity index (χ1n) is 13.7. The Morgan fingerprint density at radius 1 is 1.05 bits per heavy atom. The van der Waals surface area contributed by atoms with Crippen LogP contribution >= 0.6 is 0 Å². The Labute approximate surface area is 230 Å². The number of alkyl halides is 1. The van der Waals surface area contributed by atoms with Gasteiger partial charge in [-0.05, 0) is 43.0 Å². The lowest BCUT2D eigenvalue weighted by molar-refractivity contribution is -0.00876. The number of anilines is 1. The number of nitrogens with one attached hydrogen (secondary N) is 1. The largest absolute Gasteiger partial charge is 0.492 e. The minimum absolute atomic E-state index is 0.334. The van der Waals surface area contributed by atoms with E-state index in [1.165, 1.54) is 12.0 Å². The Bertz CT molecular complexity index is 1610. The molecule has 3 fully saturated rings. The van der Waals surface area contributed by atoms with Crippen LogP contribution in [-0.2, 0) is 6.54 Å². The van der Waals surface area contributed by atoms with E-state index in [9.17, 15) is 4.39 Å². The third kappa shape index (κ3) is 4.49. The van der Waals surface area contributed by atoms with Crippen LogP contribution in [0.4, 0.5) is 10.2 Å². The van der Waals surface area contributed by atoms with Gasteiger partial charge in [-0.15, -0.1) is 5.10 Å². The number of hydrogen-bond acceptors (Lipinski definition) is 8. The lowest BCUT2D eigenvalue weighted by Gasteiger charge is -2.56. The minimum Gasteiger partial charge on any atom is -0.492 e. The molecule has 5 aromatic heterocycles. The zero-order valence-corrected chi connectivity index (χ0v) is 22.3. The maximum atomic E-state index is 12.5. The highest BCUT2D eigenvalue weighted by Gasteiger charge is 2.44. The number of fused-ring (bicyclic) bond motifs is 5. The van der Waals surface area contributed by atoms with Gasteiger partial charge in [-0.2, -0.15) is 5.10 Å². The van der Waals surface area contributed by atoms with Gasteiger partial charge in [0.25, 0.3) is 0 Å². The molecule has 0 aromatic carbocycles. The van der Waals surface area contributed by atoms with Gasteiger partial charge in [-0.3, -0.25) is 14.4 Å². The van der Waals surface area contributed by atoms with Crippen LogP contribution in [0.2, 0.25) is 0 Å². The molecule has 0 aliphatic carbocycles. The molecule has 3 aliphatic rings. The van der Waals surface area contributed by atoms with Gasteiger partial charge in [0, 0.05) is 61.3 Å². The quantitative estimate of drug-likeness (QED) is 0.262. The van der Waals surface area contributed by atoms with Crippen molar-refractivity contribution in [1.82, 2.24) is 34.7 Å². The molecule has 3 saturated heterocycles. The van der Waals surface area contributed by atoms with E-state index in [1.54, 1.807) is 13.3 Å². The standard InChI is InChI=1S/C29H31FN8O2/c1-39-27-7-4-19(12-32-27)15-37-21-10-22(37)17-36(16-21)26-6-5-20(13-31-26)24-11-23(40-9-3-2-8-30)18-38-28(24)25-14-33-34-29(25)35-38/h4-7,11-14,18,21-22H,2-3,8-10,15-17H2,1H3,(H,34,35). The normalized spacial score (nSPS) is 18.8. The molecule has 0 radical (unpaired) electrons. The summed E-state index contributed by atoms with van der Waals surface area (Å²) in [6.45, 7) is 2.94. The first-order chi connectivity index (χ1) is 19.7. The molecule has 10 nitrogen and oxygen atoms in total. The minimum atomic E-state index is -0.334. The summed E-state index contributed by atoms with van der Waals surface area (Å²) in [5.74, 6) is 2.32. The van der Waals surface area contributed by atoms with Crippen molar-refractivity contribution in [1.29, 1.82) is 0 Å². The summed E-state index contributed by atoms with van der Waals surface area (Å²) in [6.07, 6.45) is 9.86. The van der Waals surface area contributed by atoms with Crippen LogP contribution in [0.5, 0.6) is 11.6 Å². The van der Waals surface area contributed by atoms with Gasteiger partial charge in [-0.25, -0.2) is 14.5 Å². The van der Waals surface area contributed by atoms with E-state index in [-0.39, 0.29) is 6.67 Å². The molecule has 1 N–H and O–H groups in total. The van der Waals surface area contributed by atoms with Crippen LogP contribution in [0.1, 0.15) is 24.8 Å². The number of pyridine rings is 3. The lowest BCUT2D eigenvalue weighted by atomic mass is 9.87. The molecule has 0 spiro atoms. The Morgan fingerprint density at radius 3 is 2.70 bits per heavy atom. The average molecular weight is 543 g/mol. The zero-order chi connectivity index (χ0) is 27.1. The summed E-state index contributed by atoms with van der Waals surface area (Å²) in [6, 6.07) is 11.3. The van der Waals surface area contributed by atoms with E-state index < -0.39 is 0 Å². The second-order valence-electron chi connectivity index (χ2n) is 10.5. The lowest BCUT2D eigenvalue weighted by Crippen LogP contribution is -2.68. The Morgan fingerprint density at radius 2 is 1.95 bits per heavy atom. The van der Waals surface area contributed by atoms with Gasteiger partial charge in [-0.1, -0.05) is 6.07 Å². The van der Waals surface area contributed by atoms with Gasteiger partial charge in [0.05, 0.1) is 43.7 Å². The average Bonchev–Trinajstić information content (AvgIpc) is 3.60. The molecular formula is C29H31FN8O2. The van der Waals surface area contributed by atoms with Crippen molar-refractivity contribution < 1.29 is 13.9 Å². The summed E-state index contributed by atoms with van der Waals surface area (Å²) in [5, 5.41) is 12.7. The molecule has 8 heterocycles. The second-order valence-corrected chi connectivity index (χ2v) is 10.5. The monoisotopic (exact) mass is 542 g/mol. The van der Waals surface area contributed by atoms with Crippen molar-refractivity contribution >= 4 is 22.4 Å². The maximum absolute atomic E-state index is 12.5. The molecule has 206 valence electrons. The molecule has 3 aliphatic heterocycles. The van der Waals surface area contributed by atoms with Crippen LogP contribution in [-0.4, -0.2) is 80.2 Å². The highest BCUT2D eigenvalue weighted by atomic mass is 19.1. The van der Waals surface area contributed by atoms with Crippen molar-refractivity contribution in [2.45, 2.75) is 37.9 Å². The number of H-pyrrole nitrogens is 1. The van der Waals surface area contributed by atoms with E-state index in [2.05, 4.69) is 48.3 Å². The number of ether oxygens (including phenoxy) is 2. The number of piperidine rings is 1. The van der Waals surface area contributed by atoms with Gasteiger partial charge in [0.2, 0.25) is 5.88 Å². The number of piperazine rings is 1. The SMILES string of the molecule is COc1ccc(CN2C3CC2CN(c2ccc(-c4cc(OCCCCF)cn5nc6[nH]ncc6c45)cn2)C3)cn1. The molecule has 2 atom stereocenters. The van der Waals surface area contributed by atoms with Gasteiger partial charge in [0.1, 0.15) is 11.6 Å². The summed E-state index contributed by atoms with van der Waals surface area (Å²) in [7, 11) is 1.64. The number of aromatic amines is 1. The number of hydrogen-bond donors (Lipinski definition) is 1.